The highest BCUT2D eigenvalue weighted by molar-refractivity contribution is 7.87. The highest BCUT2D eigenvalue weighted by Gasteiger charge is 2.55. The molecule has 0 radical (unpaired) electrons. The minimum absolute atomic E-state index is 0.0288. The number of carbonyl (C=O) groups is 1. The van der Waals surface area contributed by atoms with Gasteiger partial charge in [-0.15, -0.1) is 0 Å². The van der Waals surface area contributed by atoms with Crippen LogP contribution in [0, 0.1) is 0 Å². The van der Waals surface area contributed by atoms with E-state index in [1.54, 1.807) is 11.9 Å². The summed E-state index contributed by atoms with van der Waals surface area (Å²) in [6.07, 6.45) is 0.575. The van der Waals surface area contributed by atoms with Crippen molar-refractivity contribution in [2.24, 2.45) is 0 Å². The average Bonchev–Trinajstić information content (AvgIpc) is 2.61. The van der Waals surface area contributed by atoms with E-state index in [-0.39, 0.29) is 5.91 Å². The number of hydrogen-bond donors (Lipinski definition) is 0. The maximum absolute atomic E-state index is 12.7. The van der Waals surface area contributed by atoms with Crippen LogP contribution >= 0.6 is 0 Å². The second-order valence-corrected chi connectivity index (χ2v) is 7.11. The molecule has 0 fully saturated rings. The van der Waals surface area contributed by atoms with E-state index < -0.39 is 15.5 Å². The molecule has 0 aromatic heterocycles. The first-order chi connectivity index (χ1) is 8.98. The highest BCUT2D eigenvalue weighted by Crippen LogP contribution is 2.49. The molecule has 1 amide bonds. The third-order valence-electron chi connectivity index (χ3n) is 4.33. The molecule has 2 aliphatic heterocycles. The lowest BCUT2D eigenvalue weighted by atomic mass is 9.90. The fourth-order valence-corrected chi connectivity index (χ4v) is 5.05. The van der Waals surface area contributed by atoms with Gasteiger partial charge in [-0.05, 0) is 26.3 Å². The van der Waals surface area contributed by atoms with Crippen molar-refractivity contribution in [3.8, 4) is 0 Å². The van der Waals surface area contributed by atoms with Gasteiger partial charge in [0.25, 0.3) is 5.91 Å². The Labute approximate surface area is 115 Å². The minimum atomic E-state index is -1.19. The van der Waals surface area contributed by atoms with Gasteiger partial charge in [-0.3, -0.25) is 9.00 Å². The molecule has 0 saturated carbocycles. The quantitative estimate of drug-likeness (QED) is 0.682. The van der Waals surface area contributed by atoms with Crippen LogP contribution in [0.1, 0.15) is 25.8 Å². The van der Waals surface area contributed by atoms with E-state index in [0.29, 0.717) is 12.2 Å². The summed E-state index contributed by atoms with van der Waals surface area (Å²) in [6, 6.07) is 7.72. The van der Waals surface area contributed by atoms with Crippen molar-refractivity contribution in [2.45, 2.75) is 25.0 Å². The van der Waals surface area contributed by atoms with Crippen molar-refractivity contribution in [1.29, 1.82) is 0 Å². The lowest BCUT2D eigenvalue weighted by molar-refractivity contribution is -0.120. The summed E-state index contributed by atoms with van der Waals surface area (Å²) in [5, 5.41) is 0. The van der Waals surface area contributed by atoms with E-state index in [2.05, 4.69) is 0 Å². The number of anilines is 1. The van der Waals surface area contributed by atoms with Crippen LogP contribution in [-0.2, 0) is 20.3 Å². The minimum Gasteiger partial charge on any atom is -0.314 e. The van der Waals surface area contributed by atoms with Gasteiger partial charge in [0.15, 0.2) is 4.75 Å². The van der Waals surface area contributed by atoms with Crippen molar-refractivity contribution in [3.63, 3.8) is 0 Å². The lowest BCUT2D eigenvalue weighted by Crippen LogP contribution is -2.45. The zero-order valence-electron chi connectivity index (χ0n) is 11.4. The second-order valence-electron chi connectivity index (χ2n) is 5.44. The molecular weight excluding hydrogens is 258 g/mol. The molecule has 3 nitrogen and oxygen atoms in total. The van der Waals surface area contributed by atoms with E-state index >= 15 is 0 Å². The van der Waals surface area contributed by atoms with Gasteiger partial charge in [0.1, 0.15) is 0 Å². The second kappa shape index (κ2) is 4.04. The van der Waals surface area contributed by atoms with Crippen LogP contribution in [0.4, 0.5) is 5.69 Å². The van der Waals surface area contributed by atoms with E-state index in [9.17, 15) is 9.00 Å². The van der Waals surface area contributed by atoms with E-state index in [1.807, 2.05) is 38.1 Å². The SMILES string of the molecule is CC1=C(C)CC2(C(=O)N(C)c3ccccc32)S(=O)C1. The summed E-state index contributed by atoms with van der Waals surface area (Å²) in [5.41, 5.74) is 4.17. The summed E-state index contributed by atoms with van der Waals surface area (Å²) in [6.45, 7) is 4.05. The number of para-hydroxylation sites is 1. The van der Waals surface area contributed by atoms with Crippen LogP contribution in [0.15, 0.2) is 35.4 Å². The maximum Gasteiger partial charge on any atom is 0.250 e. The molecule has 1 aromatic carbocycles. The molecule has 2 atom stereocenters. The van der Waals surface area contributed by atoms with Crippen molar-refractivity contribution in [3.05, 3.63) is 41.0 Å². The average molecular weight is 275 g/mol. The first-order valence-corrected chi connectivity index (χ1v) is 7.71. The Kier molecular flexibility index (Phi) is 2.68. The zero-order chi connectivity index (χ0) is 13.8. The Bertz CT molecular complexity index is 635. The normalized spacial score (nSPS) is 30.2. The van der Waals surface area contributed by atoms with Gasteiger partial charge >= 0.3 is 0 Å². The predicted molar refractivity (Wildman–Crippen MR) is 77.5 cm³/mol. The molecule has 1 aromatic rings. The Morgan fingerprint density at radius 3 is 2.63 bits per heavy atom. The Hall–Kier alpha value is -1.42. The van der Waals surface area contributed by atoms with Gasteiger partial charge in [-0.25, -0.2) is 0 Å². The fraction of sp³-hybridized carbons (Fsp3) is 0.400. The van der Waals surface area contributed by atoms with Crippen LogP contribution in [0.2, 0.25) is 0 Å². The Balaban J connectivity index is 2.26. The summed E-state index contributed by atoms with van der Waals surface area (Å²) in [5.74, 6) is 0.471. The lowest BCUT2D eigenvalue weighted by Gasteiger charge is -2.32. The van der Waals surface area contributed by atoms with E-state index in [1.165, 1.54) is 5.57 Å². The van der Waals surface area contributed by atoms with Crippen LogP contribution in [-0.4, -0.2) is 22.9 Å². The van der Waals surface area contributed by atoms with Crippen LogP contribution < -0.4 is 4.90 Å². The number of amides is 1. The van der Waals surface area contributed by atoms with Crippen molar-refractivity contribution < 1.29 is 9.00 Å². The molecule has 0 saturated heterocycles. The first kappa shape index (κ1) is 12.6. The largest absolute Gasteiger partial charge is 0.314 e. The molecular formula is C15H17NO2S. The molecule has 2 heterocycles. The van der Waals surface area contributed by atoms with Gasteiger partial charge in [0.2, 0.25) is 0 Å². The number of hydrogen-bond acceptors (Lipinski definition) is 2. The van der Waals surface area contributed by atoms with Crippen LogP contribution in [0.25, 0.3) is 0 Å². The number of carbonyl (C=O) groups excluding carboxylic acids is 1. The maximum atomic E-state index is 12.7. The third-order valence-corrected chi connectivity index (χ3v) is 6.34. The molecule has 3 rings (SSSR count). The zero-order valence-corrected chi connectivity index (χ0v) is 12.2. The number of fused-ring (bicyclic) bond motifs is 2. The smallest absolute Gasteiger partial charge is 0.250 e. The number of likely N-dealkylation sites (N-methyl/N-ethyl adjacent to an activating group) is 1. The number of rotatable bonds is 0. The molecule has 1 spiro atoms. The van der Waals surface area contributed by atoms with Gasteiger partial charge in [0.05, 0.1) is 0 Å². The number of benzene rings is 1. The summed E-state index contributed by atoms with van der Waals surface area (Å²) < 4.78 is 11.9. The first-order valence-electron chi connectivity index (χ1n) is 6.40. The van der Waals surface area contributed by atoms with Crippen LogP contribution in [0.5, 0.6) is 0 Å². The summed E-state index contributed by atoms with van der Waals surface area (Å²) in [7, 11) is 0.585. The van der Waals surface area contributed by atoms with Crippen molar-refractivity contribution in [1.82, 2.24) is 0 Å². The molecule has 0 bridgehead atoms. The molecule has 2 unspecified atom stereocenters. The summed E-state index contributed by atoms with van der Waals surface area (Å²) in [4.78, 5) is 14.4. The molecule has 0 aliphatic carbocycles. The van der Waals surface area contributed by atoms with E-state index in [0.717, 1.165) is 16.8 Å². The topological polar surface area (TPSA) is 37.4 Å². The van der Waals surface area contributed by atoms with Crippen molar-refractivity contribution >= 4 is 22.4 Å². The molecule has 0 N–H and O–H groups in total. The van der Waals surface area contributed by atoms with Gasteiger partial charge in [-0.1, -0.05) is 29.3 Å². The van der Waals surface area contributed by atoms with Gasteiger partial charge in [-0.2, -0.15) is 0 Å². The molecule has 2 aliphatic rings. The molecule has 4 heteroatoms. The summed E-state index contributed by atoms with van der Waals surface area (Å²) >= 11 is 0. The predicted octanol–water partition coefficient (Wildman–Crippen LogP) is 2.35. The van der Waals surface area contributed by atoms with Crippen LogP contribution in [0.3, 0.4) is 0 Å². The fourth-order valence-electron chi connectivity index (χ4n) is 3.04. The number of allylic oxidation sites excluding steroid dienone is 1. The Morgan fingerprint density at radius 1 is 1.21 bits per heavy atom. The van der Waals surface area contributed by atoms with Gasteiger partial charge in [0, 0.05) is 34.9 Å². The molecule has 19 heavy (non-hydrogen) atoms. The number of nitrogens with zero attached hydrogens (tertiary/aromatic N) is 1. The monoisotopic (exact) mass is 275 g/mol. The van der Waals surface area contributed by atoms with Gasteiger partial charge < -0.3 is 4.90 Å². The third kappa shape index (κ3) is 1.49. The standard InChI is InChI=1S/C15H17NO2S/c1-10-8-15(19(18)9-11(10)2)12-6-4-5-7-13(12)16(3)14(15)17/h4-7H,8-9H2,1-3H3. The Morgan fingerprint density at radius 2 is 1.89 bits per heavy atom. The van der Waals surface area contributed by atoms with Crippen molar-refractivity contribution in [2.75, 3.05) is 17.7 Å². The highest BCUT2D eigenvalue weighted by atomic mass is 32.2. The van der Waals surface area contributed by atoms with E-state index in [4.69, 9.17) is 0 Å². The molecule has 100 valence electrons.